The summed E-state index contributed by atoms with van der Waals surface area (Å²) in [7, 11) is -3.73. The molecule has 0 bridgehead atoms. The molecule has 4 atom stereocenters. The Morgan fingerprint density at radius 2 is 1.38 bits per heavy atom. The van der Waals surface area contributed by atoms with Crippen molar-refractivity contribution in [3.63, 3.8) is 0 Å². The van der Waals surface area contributed by atoms with E-state index in [0.717, 1.165) is 0 Å². The number of rotatable bonds is 5. The quantitative estimate of drug-likeness (QED) is 0.703. The van der Waals surface area contributed by atoms with E-state index in [0.29, 0.717) is 6.61 Å². The maximum Gasteiger partial charge on any atom is 0.335 e. The summed E-state index contributed by atoms with van der Waals surface area (Å²) in [5.41, 5.74) is 1.03. The molecule has 2 rings (SSSR count). The average molecular weight is 407 g/mol. The average Bonchev–Trinajstić information content (AvgIpc) is 2.81. The van der Waals surface area contributed by atoms with Gasteiger partial charge in [-0.05, 0) is 22.2 Å². The highest BCUT2D eigenvalue weighted by molar-refractivity contribution is 6.83. The Kier molecular flexibility index (Phi) is 7.16. The third-order valence-corrected chi connectivity index (χ3v) is 16.1. The summed E-state index contributed by atoms with van der Waals surface area (Å²) < 4.78 is 31.6. The first-order valence-electron chi connectivity index (χ1n) is 9.90. The highest BCUT2D eigenvalue weighted by atomic mass is 28.5. The van der Waals surface area contributed by atoms with E-state index in [-0.39, 0.29) is 28.3 Å². The van der Waals surface area contributed by atoms with E-state index in [9.17, 15) is 5.11 Å². The molecule has 0 aromatic heterocycles. The molecular formula is C18H38O6Si2. The zero-order valence-corrected chi connectivity index (χ0v) is 19.8. The predicted molar refractivity (Wildman–Crippen MR) is 105 cm³/mol. The molecule has 8 heteroatoms. The zero-order valence-electron chi connectivity index (χ0n) is 17.8. The van der Waals surface area contributed by atoms with Crippen LogP contribution in [0, 0.1) is 0 Å². The highest BCUT2D eigenvalue weighted by Crippen LogP contribution is 2.47. The van der Waals surface area contributed by atoms with Crippen LogP contribution in [0.2, 0.25) is 22.2 Å². The smallest absolute Gasteiger partial charge is 0.335 e. The summed E-state index contributed by atoms with van der Waals surface area (Å²) in [6.07, 6.45) is -2.35. The summed E-state index contributed by atoms with van der Waals surface area (Å²) >= 11 is 0. The van der Waals surface area contributed by atoms with Crippen LogP contribution >= 0.6 is 0 Å². The van der Waals surface area contributed by atoms with Crippen LogP contribution in [-0.2, 0) is 22.4 Å². The van der Waals surface area contributed by atoms with Crippen LogP contribution in [0.15, 0.2) is 0 Å². The molecule has 2 heterocycles. The Morgan fingerprint density at radius 3 is 1.81 bits per heavy atom. The summed E-state index contributed by atoms with van der Waals surface area (Å²) in [5.74, 6) is 0. The van der Waals surface area contributed by atoms with Crippen LogP contribution in [-0.4, -0.2) is 60.5 Å². The Bertz CT molecular complexity index is 455. The maximum absolute atomic E-state index is 10.7. The maximum atomic E-state index is 10.7. The second-order valence-electron chi connectivity index (χ2n) is 8.83. The van der Waals surface area contributed by atoms with E-state index in [4.69, 9.17) is 22.4 Å². The monoisotopic (exact) mass is 406 g/mol. The fourth-order valence-corrected chi connectivity index (χ4v) is 15.5. The van der Waals surface area contributed by atoms with Crippen LogP contribution in [0.25, 0.3) is 0 Å². The molecule has 1 N–H and O–H groups in total. The van der Waals surface area contributed by atoms with Gasteiger partial charge in [0.2, 0.25) is 0 Å². The van der Waals surface area contributed by atoms with Crippen LogP contribution in [0.5, 0.6) is 0 Å². The van der Waals surface area contributed by atoms with E-state index in [2.05, 4.69) is 55.4 Å². The minimum atomic E-state index is -2.71. The lowest BCUT2D eigenvalue weighted by molar-refractivity contribution is -0.152. The van der Waals surface area contributed by atoms with Crippen molar-refractivity contribution < 1.29 is 27.5 Å². The molecule has 2 aliphatic heterocycles. The number of fused-ring (bicyclic) bond motifs is 1. The molecule has 26 heavy (non-hydrogen) atoms. The molecule has 2 aliphatic rings. The normalized spacial score (nSPS) is 34.4. The van der Waals surface area contributed by atoms with Gasteiger partial charge >= 0.3 is 17.1 Å². The van der Waals surface area contributed by atoms with Gasteiger partial charge in [-0.1, -0.05) is 55.4 Å². The van der Waals surface area contributed by atoms with Gasteiger partial charge in [0.25, 0.3) is 0 Å². The number of aliphatic hydroxyl groups excluding tert-OH is 1. The Labute approximate surface area is 161 Å². The topological polar surface area (TPSA) is 66.4 Å². The Balaban J connectivity index is 2.52. The summed E-state index contributed by atoms with van der Waals surface area (Å²) in [6.45, 7) is 17.8. The second-order valence-corrected chi connectivity index (χ2v) is 17.7. The summed E-state index contributed by atoms with van der Waals surface area (Å²) in [6, 6.07) is 0. The van der Waals surface area contributed by atoms with Gasteiger partial charge in [0.1, 0.15) is 18.3 Å². The third kappa shape index (κ3) is 3.71. The fourth-order valence-electron chi connectivity index (χ4n) is 4.32. The van der Waals surface area contributed by atoms with E-state index < -0.39 is 35.6 Å². The predicted octanol–water partition coefficient (Wildman–Crippen LogP) is 3.68. The minimum Gasteiger partial charge on any atom is -0.414 e. The molecular weight excluding hydrogens is 368 g/mol. The molecule has 6 nitrogen and oxygen atoms in total. The van der Waals surface area contributed by atoms with Gasteiger partial charge < -0.3 is 27.5 Å². The molecule has 0 amide bonds. The van der Waals surface area contributed by atoms with Gasteiger partial charge in [-0.25, -0.2) is 0 Å². The fraction of sp³-hybridized carbons (Fsp3) is 1.00. The number of ether oxygens (including phenoxy) is 2. The van der Waals surface area contributed by atoms with E-state index in [1.165, 1.54) is 0 Å². The Morgan fingerprint density at radius 1 is 0.885 bits per heavy atom. The lowest BCUT2D eigenvalue weighted by atomic mass is 10.1. The van der Waals surface area contributed by atoms with Gasteiger partial charge in [-0.3, -0.25) is 0 Å². The van der Waals surface area contributed by atoms with Gasteiger partial charge in [0.05, 0.1) is 6.61 Å². The van der Waals surface area contributed by atoms with Gasteiger partial charge in [0, 0.05) is 7.11 Å². The standard InChI is InChI=1S/C18H38O6Si2/c1-11(2)25(12(3)4)21-10-15-17(16(19)18(20-9)22-15)23-26(24-25,13(5)6)14(7)8/h11-19H,10H2,1-9H3/t15-,16+,17-,18-/m1/s1. The molecule has 154 valence electrons. The van der Waals surface area contributed by atoms with Crippen molar-refractivity contribution in [2.75, 3.05) is 13.7 Å². The highest BCUT2D eigenvalue weighted by Gasteiger charge is 2.61. The molecule has 0 spiro atoms. The zero-order chi connectivity index (χ0) is 19.9. The third-order valence-electron chi connectivity index (χ3n) is 5.85. The van der Waals surface area contributed by atoms with Crippen molar-refractivity contribution in [1.82, 2.24) is 0 Å². The summed E-state index contributed by atoms with van der Waals surface area (Å²) in [4.78, 5) is 0. The van der Waals surface area contributed by atoms with Crippen molar-refractivity contribution >= 4 is 17.1 Å². The molecule has 0 aromatic carbocycles. The first-order valence-corrected chi connectivity index (χ1v) is 13.8. The lowest BCUT2D eigenvalue weighted by Gasteiger charge is -2.51. The first kappa shape index (κ1) is 22.5. The number of hydrogen-bond acceptors (Lipinski definition) is 6. The molecule has 2 fully saturated rings. The molecule has 0 unspecified atom stereocenters. The van der Waals surface area contributed by atoms with Crippen LogP contribution in [0.4, 0.5) is 0 Å². The van der Waals surface area contributed by atoms with Crippen LogP contribution in [0.1, 0.15) is 55.4 Å². The molecule has 0 saturated carbocycles. The van der Waals surface area contributed by atoms with Gasteiger partial charge in [-0.15, -0.1) is 0 Å². The van der Waals surface area contributed by atoms with Crippen molar-refractivity contribution in [2.24, 2.45) is 0 Å². The van der Waals surface area contributed by atoms with E-state index >= 15 is 0 Å². The molecule has 0 aromatic rings. The number of aliphatic hydroxyl groups is 1. The Hall–Kier alpha value is 0.194. The number of methoxy groups -OCH3 is 1. The first-order chi connectivity index (χ1) is 12.0. The number of hydrogen-bond donors (Lipinski definition) is 1. The largest absolute Gasteiger partial charge is 0.414 e. The molecule has 2 saturated heterocycles. The van der Waals surface area contributed by atoms with Gasteiger partial charge in [0.15, 0.2) is 6.29 Å². The lowest BCUT2D eigenvalue weighted by Crippen LogP contribution is -2.65. The van der Waals surface area contributed by atoms with Crippen molar-refractivity contribution in [1.29, 1.82) is 0 Å². The van der Waals surface area contributed by atoms with Crippen molar-refractivity contribution in [2.45, 2.75) is 102 Å². The van der Waals surface area contributed by atoms with Crippen molar-refractivity contribution in [3.8, 4) is 0 Å². The molecule has 0 aliphatic carbocycles. The SMILES string of the molecule is CO[C@@H]1O[C@@H]2CO[Si](C(C)C)(C(C)C)O[Si](C(C)C)(C(C)C)O[C@H]2[C@@H]1O. The second kappa shape index (κ2) is 8.28. The minimum absolute atomic E-state index is 0.225. The van der Waals surface area contributed by atoms with Crippen LogP contribution < -0.4 is 0 Å². The summed E-state index contributed by atoms with van der Waals surface area (Å²) in [5, 5.41) is 10.7. The van der Waals surface area contributed by atoms with Crippen molar-refractivity contribution in [3.05, 3.63) is 0 Å². The molecule has 0 radical (unpaired) electrons. The van der Waals surface area contributed by atoms with E-state index in [1.54, 1.807) is 7.11 Å². The van der Waals surface area contributed by atoms with Gasteiger partial charge in [-0.2, -0.15) is 0 Å². The van der Waals surface area contributed by atoms with E-state index in [1.807, 2.05) is 0 Å². The van der Waals surface area contributed by atoms with Crippen LogP contribution in [0.3, 0.4) is 0 Å².